The van der Waals surface area contributed by atoms with Gasteiger partial charge in [0.2, 0.25) is 11.8 Å². The minimum atomic E-state index is -0.768. The van der Waals surface area contributed by atoms with Crippen LogP contribution < -0.4 is 10.6 Å². The van der Waals surface area contributed by atoms with Crippen LogP contribution in [0.5, 0.6) is 0 Å². The number of nitrogens with one attached hydrogen (secondary N) is 3. The number of carbonyl (C=O) groups excluding carboxylic acids is 3. The highest BCUT2D eigenvalue weighted by Crippen LogP contribution is 2.56. The molecule has 3 N–H and O–H groups in total. The van der Waals surface area contributed by atoms with Gasteiger partial charge < -0.3 is 20.5 Å². The lowest BCUT2D eigenvalue weighted by molar-refractivity contribution is -0.131. The van der Waals surface area contributed by atoms with Crippen LogP contribution in [0.2, 0.25) is 0 Å². The van der Waals surface area contributed by atoms with Crippen molar-refractivity contribution in [3.05, 3.63) is 71.4 Å². The van der Waals surface area contributed by atoms with E-state index in [-0.39, 0.29) is 29.0 Å². The van der Waals surface area contributed by atoms with Gasteiger partial charge in [-0.2, -0.15) is 0 Å². The molecule has 0 spiro atoms. The van der Waals surface area contributed by atoms with Crippen LogP contribution in [0.4, 0.5) is 0 Å². The number of H-pyrrole nitrogens is 1. The highest BCUT2D eigenvalue weighted by molar-refractivity contribution is 8.01. The smallest absolute Gasteiger partial charge is 0.256 e. The normalized spacial score (nSPS) is 20.9. The quantitative estimate of drug-likeness (QED) is 0.453. The molecule has 3 unspecified atom stereocenters. The highest BCUT2D eigenvalue weighted by Gasteiger charge is 2.57. The number of carbonyl (C=O) groups is 3. The number of aromatic amines is 1. The third kappa shape index (κ3) is 4.28. The maximum atomic E-state index is 13.8. The van der Waals surface area contributed by atoms with Crippen molar-refractivity contribution in [2.24, 2.45) is 5.92 Å². The molecule has 3 atom stereocenters. The molecular weight excluding hydrogens is 472 g/mol. The maximum Gasteiger partial charge on any atom is 0.256 e. The number of thioether (sulfide) groups is 1. The van der Waals surface area contributed by atoms with Crippen molar-refractivity contribution in [2.45, 2.75) is 56.3 Å². The molecule has 2 aliphatic heterocycles. The standard InChI is InChI=1S/C28H32N4O3S/c1-16(2)14-30-24(33)22(13-17-15-29-21-12-8-7-9-18(17)21)31-25(34)23-28(3,4)36-27-20-11-6-5-10-19(20)26(35)32(23)27/h5-12,15-16,22-23,27,29H,13-14H2,1-4H3,(H,30,33)(H,31,34). The lowest BCUT2D eigenvalue weighted by Crippen LogP contribution is -2.57. The number of benzene rings is 2. The number of nitrogens with zero attached hydrogens (tertiary/aromatic N) is 1. The summed E-state index contributed by atoms with van der Waals surface area (Å²) < 4.78 is -0.516. The topological polar surface area (TPSA) is 94.3 Å². The van der Waals surface area contributed by atoms with Crippen molar-refractivity contribution < 1.29 is 14.4 Å². The van der Waals surface area contributed by atoms with E-state index in [0.29, 0.717) is 18.5 Å². The molecule has 0 saturated carbocycles. The lowest BCUT2D eigenvalue weighted by atomic mass is 9.98. The lowest BCUT2D eigenvalue weighted by Gasteiger charge is -2.31. The van der Waals surface area contributed by atoms with Gasteiger partial charge in [0.25, 0.3) is 5.91 Å². The molecule has 188 valence electrons. The van der Waals surface area contributed by atoms with Gasteiger partial charge in [0.05, 0.1) is 0 Å². The Morgan fingerprint density at radius 2 is 1.83 bits per heavy atom. The molecule has 0 bridgehead atoms. The monoisotopic (exact) mass is 504 g/mol. The summed E-state index contributed by atoms with van der Waals surface area (Å²) in [5, 5.41) is 6.82. The van der Waals surface area contributed by atoms with Gasteiger partial charge in [-0.3, -0.25) is 14.4 Å². The van der Waals surface area contributed by atoms with E-state index in [2.05, 4.69) is 15.6 Å². The molecule has 2 aromatic carbocycles. The Labute approximate surface area is 215 Å². The average Bonchev–Trinajstić information content (AvgIpc) is 3.46. The van der Waals surface area contributed by atoms with E-state index in [9.17, 15) is 14.4 Å². The predicted octanol–water partition coefficient (Wildman–Crippen LogP) is 4.02. The first-order chi connectivity index (χ1) is 17.2. The summed E-state index contributed by atoms with van der Waals surface area (Å²) in [6.07, 6.45) is 2.24. The Morgan fingerprint density at radius 1 is 1.11 bits per heavy atom. The number of rotatable bonds is 7. The summed E-state index contributed by atoms with van der Waals surface area (Å²) in [6, 6.07) is 14.0. The molecule has 0 aliphatic carbocycles. The summed E-state index contributed by atoms with van der Waals surface area (Å²) in [6.45, 7) is 8.56. The van der Waals surface area contributed by atoms with E-state index in [1.54, 1.807) is 16.7 Å². The van der Waals surface area contributed by atoms with Crippen LogP contribution in [0.15, 0.2) is 54.7 Å². The first-order valence-corrected chi connectivity index (χ1v) is 13.3. The van der Waals surface area contributed by atoms with Crippen LogP contribution in [-0.4, -0.2) is 51.0 Å². The minimum absolute atomic E-state index is 0.133. The second-order valence-corrected chi connectivity index (χ2v) is 12.3. The van der Waals surface area contributed by atoms with Gasteiger partial charge in [0, 0.05) is 40.4 Å². The fraction of sp³-hybridized carbons (Fsp3) is 0.393. The fourth-order valence-electron chi connectivity index (χ4n) is 5.21. The van der Waals surface area contributed by atoms with Gasteiger partial charge in [0.1, 0.15) is 17.5 Å². The Hall–Kier alpha value is -3.26. The van der Waals surface area contributed by atoms with Crippen molar-refractivity contribution in [1.29, 1.82) is 0 Å². The maximum absolute atomic E-state index is 13.8. The van der Waals surface area contributed by atoms with Gasteiger partial charge in [-0.15, -0.1) is 11.8 Å². The van der Waals surface area contributed by atoms with E-state index >= 15 is 0 Å². The Kier molecular flexibility index (Phi) is 6.32. The van der Waals surface area contributed by atoms with Crippen LogP contribution in [-0.2, 0) is 16.0 Å². The van der Waals surface area contributed by atoms with Gasteiger partial charge in [-0.1, -0.05) is 50.2 Å². The number of aromatic nitrogens is 1. The second-order valence-electron chi connectivity index (χ2n) is 10.5. The van der Waals surface area contributed by atoms with Crippen LogP contribution in [0.1, 0.15) is 54.6 Å². The number of amides is 3. The number of hydrogen-bond acceptors (Lipinski definition) is 4. The largest absolute Gasteiger partial charge is 0.361 e. The van der Waals surface area contributed by atoms with Crippen molar-refractivity contribution in [3.63, 3.8) is 0 Å². The average molecular weight is 505 g/mol. The fourth-order valence-corrected chi connectivity index (χ4v) is 6.80. The molecular formula is C28H32N4O3S. The first-order valence-electron chi connectivity index (χ1n) is 12.4. The minimum Gasteiger partial charge on any atom is -0.361 e. The molecule has 7 nitrogen and oxygen atoms in total. The highest BCUT2D eigenvalue weighted by atomic mass is 32.2. The van der Waals surface area contributed by atoms with E-state index < -0.39 is 16.8 Å². The number of hydrogen-bond donors (Lipinski definition) is 3. The molecule has 0 radical (unpaired) electrons. The molecule has 1 fully saturated rings. The molecule has 1 saturated heterocycles. The van der Waals surface area contributed by atoms with Crippen LogP contribution in [0, 0.1) is 5.92 Å². The van der Waals surface area contributed by atoms with Gasteiger partial charge in [0.15, 0.2) is 0 Å². The molecule has 8 heteroatoms. The molecule has 3 amide bonds. The molecule has 5 rings (SSSR count). The van der Waals surface area contributed by atoms with Crippen molar-refractivity contribution >= 4 is 40.4 Å². The van der Waals surface area contributed by atoms with E-state index in [1.165, 1.54) is 0 Å². The van der Waals surface area contributed by atoms with Crippen molar-refractivity contribution in [2.75, 3.05) is 6.54 Å². The third-order valence-electron chi connectivity index (χ3n) is 6.96. The summed E-state index contributed by atoms with van der Waals surface area (Å²) in [5.74, 6) is -0.379. The molecule has 3 heterocycles. The Bertz CT molecular complexity index is 1330. The second kappa shape index (κ2) is 9.32. The van der Waals surface area contributed by atoms with E-state index in [1.807, 2.05) is 82.4 Å². The zero-order valence-corrected chi connectivity index (χ0v) is 21.8. The van der Waals surface area contributed by atoms with Gasteiger partial charge in [-0.25, -0.2) is 0 Å². The molecule has 36 heavy (non-hydrogen) atoms. The third-order valence-corrected chi connectivity index (χ3v) is 8.50. The number of para-hydroxylation sites is 1. The number of fused-ring (bicyclic) bond motifs is 4. The van der Waals surface area contributed by atoms with E-state index in [0.717, 1.165) is 22.0 Å². The summed E-state index contributed by atoms with van der Waals surface area (Å²) in [7, 11) is 0. The van der Waals surface area contributed by atoms with Crippen LogP contribution in [0.25, 0.3) is 10.9 Å². The Balaban J connectivity index is 1.42. The zero-order valence-electron chi connectivity index (χ0n) is 21.0. The first kappa shape index (κ1) is 24.4. The summed E-state index contributed by atoms with van der Waals surface area (Å²) in [4.78, 5) is 45.4. The van der Waals surface area contributed by atoms with Crippen LogP contribution >= 0.6 is 11.8 Å². The van der Waals surface area contributed by atoms with Crippen molar-refractivity contribution in [3.8, 4) is 0 Å². The van der Waals surface area contributed by atoms with E-state index in [4.69, 9.17) is 0 Å². The summed E-state index contributed by atoms with van der Waals surface area (Å²) >= 11 is 1.62. The predicted molar refractivity (Wildman–Crippen MR) is 143 cm³/mol. The molecule has 3 aromatic rings. The SMILES string of the molecule is CC(C)CNC(=O)C(Cc1c[nH]c2ccccc12)NC(=O)C1N2C(=O)c3ccccc3C2SC1(C)C. The molecule has 2 aliphatic rings. The Morgan fingerprint density at radius 3 is 2.61 bits per heavy atom. The van der Waals surface area contributed by atoms with Crippen LogP contribution in [0.3, 0.4) is 0 Å². The van der Waals surface area contributed by atoms with Gasteiger partial charge >= 0.3 is 0 Å². The van der Waals surface area contributed by atoms with Gasteiger partial charge in [-0.05, 0) is 43.0 Å². The molecule has 1 aromatic heterocycles. The summed E-state index contributed by atoms with van der Waals surface area (Å²) in [5.41, 5.74) is 3.53. The van der Waals surface area contributed by atoms with Crippen molar-refractivity contribution in [1.82, 2.24) is 20.5 Å². The zero-order chi connectivity index (χ0) is 25.6.